The van der Waals surface area contributed by atoms with Crippen LogP contribution in [0.3, 0.4) is 0 Å². The minimum Gasteiger partial charge on any atom is -0.458 e. The molecule has 0 aromatic heterocycles. The molecule has 2 aromatic carbocycles. The lowest BCUT2D eigenvalue weighted by atomic mass is 9.99. The van der Waals surface area contributed by atoms with Gasteiger partial charge in [0, 0.05) is 31.1 Å². The summed E-state index contributed by atoms with van der Waals surface area (Å²) in [5.41, 5.74) is 1.66. The number of hydrogen-bond donors (Lipinski definition) is 3. The van der Waals surface area contributed by atoms with Crippen molar-refractivity contribution in [1.82, 2.24) is 30.7 Å². The highest BCUT2D eigenvalue weighted by molar-refractivity contribution is 6.30. The molecular formula is C42H52ClFN6O8. The maximum absolute atomic E-state index is 14.7. The Labute approximate surface area is 342 Å². The van der Waals surface area contributed by atoms with Gasteiger partial charge in [0.2, 0.25) is 35.4 Å². The third-order valence-electron chi connectivity index (χ3n) is 11.6. The number of cyclic esters (lactones) is 1. The third-order valence-corrected chi connectivity index (χ3v) is 11.8. The number of rotatable bonds is 7. The minimum atomic E-state index is -1.52. The van der Waals surface area contributed by atoms with Crippen molar-refractivity contribution in [3.05, 3.63) is 70.0 Å². The number of benzene rings is 2. The van der Waals surface area contributed by atoms with E-state index in [1.807, 2.05) is 26.0 Å². The molecule has 0 aliphatic carbocycles. The van der Waals surface area contributed by atoms with Crippen LogP contribution < -0.4 is 16.0 Å². The highest BCUT2D eigenvalue weighted by atomic mass is 35.5. The number of carbonyl (C=O) groups is 7. The van der Waals surface area contributed by atoms with Gasteiger partial charge in [-0.15, -0.1) is 0 Å². The van der Waals surface area contributed by atoms with E-state index >= 15 is 0 Å². The standard InChI is InChI=1S/C42H52ClFN6O8/c1-23-9-7-10-27(17-23)19-31(46-35(51)20-28-13-14-29(43)21-30(28)44)37(52)47-36-26(4)58-42(57)34-18-24(2)22-50(34)39(54)25(3)45-38(53)32-11-5-6-15-48(32)40(55)33-12-8-16-49(33)41(36)56/h7,9-10,13-14,17,21,24-26,31-34,36H,5-6,8,11-12,15-16,18-20,22H2,1-4H3,(H,45,53)(H,46,51)(H,47,52)/t24-,25+,26+,31+,32+,33+,34+,36+/m1/s1. The van der Waals surface area contributed by atoms with E-state index in [9.17, 15) is 38.0 Å². The number of amides is 6. The van der Waals surface area contributed by atoms with Crippen LogP contribution in [0.5, 0.6) is 0 Å². The normalized spacial score (nSPS) is 27.6. The van der Waals surface area contributed by atoms with Gasteiger partial charge in [-0.25, -0.2) is 9.18 Å². The number of piperidine rings is 1. The van der Waals surface area contributed by atoms with Crippen LogP contribution >= 0.6 is 11.6 Å². The van der Waals surface area contributed by atoms with Gasteiger partial charge in [-0.2, -0.15) is 0 Å². The van der Waals surface area contributed by atoms with Crippen molar-refractivity contribution in [2.24, 2.45) is 5.92 Å². The summed E-state index contributed by atoms with van der Waals surface area (Å²) in [6.07, 6.45) is 1.08. The molecule has 4 saturated heterocycles. The summed E-state index contributed by atoms with van der Waals surface area (Å²) in [5.74, 6) is -5.07. The number of halogens is 2. The van der Waals surface area contributed by atoms with Gasteiger partial charge in [-0.3, -0.25) is 28.8 Å². The lowest BCUT2D eigenvalue weighted by molar-refractivity contribution is -0.163. The van der Waals surface area contributed by atoms with Gasteiger partial charge in [0.1, 0.15) is 48.2 Å². The van der Waals surface area contributed by atoms with Crippen molar-refractivity contribution in [3.8, 4) is 0 Å². The van der Waals surface area contributed by atoms with Crippen LogP contribution in [0.1, 0.15) is 76.0 Å². The molecule has 2 aromatic rings. The molecule has 16 heteroatoms. The van der Waals surface area contributed by atoms with Crippen molar-refractivity contribution in [2.75, 3.05) is 19.6 Å². The summed E-state index contributed by atoms with van der Waals surface area (Å²) in [6, 6.07) is 4.61. The van der Waals surface area contributed by atoms with Gasteiger partial charge in [-0.05, 0) is 88.5 Å². The van der Waals surface area contributed by atoms with Crippen LogP contribution in [0.15, 0.2) is 42.5 Å². The van der Waals surface area contributed by atoms with E-state index in [1.54, 1.807) is 19.1 Å². The fourth-order valence-electron chi connectivity index (χ4n) is 8.59. The molecule has 6 rings (SSSR count). The molecule has 58 heavy (non-hydrogen) atoms. The molecule has 4 aliphatic heterocycles. The topological polar surface area (TPSA) is 175 Å². The zero-order valence-electron chi connectivity index (χ0n) is 33.3. The van der Waals surface area contributed by atoms with E-state index in [2.05, 4.69) is 16.0 Å². The maximum Gasteiger partial charge on any atom is 0.329 e. The molecule has 6 amide bonds. The number of nitrogens with zero attached hydrogens (tertiary/aromatic N) is 3. The molecule has 14 nitrogen and oxygen atoms in total. The Morgan fingerprint density at radius 2 is 1.62 bits per heavy atom. The van der Waals surface area contributed by atoms with Crippen molar-refractivity contribution < 1.29 is 42.7 Å². The van der Waals surface area contributed by atoms with E-state index in [4.69, 9.17) is 16.3 Å². The fourth-order valence-corrected chi connectivity index (χ4v) is 8.75. The SMILES string of the molecule is Cc1cccc(C[C@H](NC(=O)Cc2ccc(Cl)cc2F)C(=O)N[C@@H]2C(=O)N3CCC[C@H]3C(=O)N3CCCC[C@H]3C(=O)N[C@@H](C)C(=O)N3C[C@H](C)C[C@H]3C(=O)O[C@H]2C)c1. The Bertz CT molecular complexity index is 1950. The fraction of sp³-hybridized carbons (Fsp3) is 0.548. The number of aryl methyl sites for hydroxylation is 1. The quantitative estimate of drug-likeness (QED) is 0.358. The summed E-state index contributed by atoms with van der Waals surface area (Å²) >= 11 is 5.91. The molecule has 3 N–H and O–H groups in total. The maximum atomic E-state index is 14.7. The molecule has 0 bridgehead atoms. The van der Waals surface area contributed by atoms with E-state index < -0.39 is 96.0 Å². The first kappa shape index (κ1) is 42.6. The average molecular weight is 823 g/mol. The van der Waals surface area contributed by atoms with E-state index in [0.717, 1.165) is 11.6 Å². The number of nitrogens with one attached hydrogen (secondary N) is 3. The molecule has 0 saturated carbocycles. The minimum absolute atomic E-state index is 0.00408. The van der Waals surface area contributed by atoms with Crippen molar-refractivity contribution in [2.45, 2.75) is 121 Å². The summed E-state index contributed by atoms with van der Waals surface area (Å²) < 4.78 is 20.6. The lowest BCUT2D eigenvalue weighted by Crippen LogP contribution is -2.63. The lowest BCUT2D eigenvalue weighted by Gasteiger charge is -2.39. The first-order chi connectivity index (χ1) is 27.6. The molecule has 0 radical (unpaired) electrons. The number of ether oxygens (including phenoxy) is 1. The van der Waals surface area contributed by atoms with Crippen LogP contribution in [0.2, 0.25) is 5.02 Å². The smallest absolute Gasteiger partial charge is 0.329 e. The van der Waals surface area contributed by atoms with Crippen LogP contribution in [0, 0.1) is 18.7 Å². The number of carbonyl (C=O) groups excluding carboxylic acids is 7. The zero-order valence-corrected chi connectivity index (χ0v) is 34.1. The second-order valence-electron chi connectivity index (χ2n) is 16.2. The van der Waals surface area contributed by atoms with Crippen LogP contribution in [-0.2, 0) is 51.1 Å². The molecule has 0 unspecified atom stereocenters. The van der Waals surface area contributed by atoms with Crippen LogP contribution in [-0.4, -0.2) is 118 Å². The first-order valence-electron chi connectivity index (χ1n) is 20.1. The second kappa shape index (κ2) is 18.3. The molecule has 312 valence electrons. The second-order valence-corrected chi connectivity index (χ2v) is 16.6. The van der Waals surface area contributed by atoms with Gasteiger partial charge >= 0.3 is 5.97 Å². The Hall–Kier alpha value is -5.05. The van der Waals surface area contributed by atoms with E-state index in [-0.39, 0.29) is 49.0 Å². The summed E-state index contributed by atoms with van der Waals surface area (Å²) in [7, 11) is 0. The largest absolute Gasteiger partial charge is 0.458 e. The monoisotopic (exact) mass is 822 g/mol. The van der Waals surface area contributed by atoms with Gasteiger partial charge in [0.05, 0.1) is 6.42 Å². The Balaban J connectivity index is 1.33. The predicted octanol–water partition coefficient (Wildman–Crippen LogP) is 2.60. The summed E-state index contributed by atoms with van der Waals surface area (Å²) in [5, 5.41) is 8.41. The summed E-state index contributed by atoms with van der Waals surface area (Å²) in [4.78, 5) is 103. The van der Waals surface area contributed by atoms with Crippen LogP contribution in [0.4, 0.5) is 4.39 Å². The van der Waals surface area contributed by atoms with Crippen LogP contribution in [0.25, 0.3) is 0 Å². The Kier molecular flexibility index (Phi) is 13.4. The van der Waals surface area contributed by atoms with Gasteiger partial charge in [0.15, 0.2) is 0 Å². The predicted molar refractivity (Wildman–Crippen MR) is 210 cm³/mol. The van der Waals surface area contributed by atoms with Gasteiger partial charge in [-0.1, -0.05) is 54.4 Å². The number of hydrogen-bond acceptors (Lipinski definition) is 8. The highest BCUT2D eigenvalue weighted by Crippen LogP contribution is 2.29. The van der Waals surface area contributed by atoms with Gasteiger partial charge in [0.25, 0.3) is 0 Å². The summed E-state index contributed by atoms with van der Waals surface area (Å²) in [6.45, 7) is 7.46. The average Bonchev–Trinajstić information content (AvgIpc) is 3.84. The molecule has 4 aliphatic rings. The molecule has 4 heterocycles. The van der Waals surface area contributed by atoms with Crippen molar-refractivity contribution in [3.63, 3.8) is 0 Å². The van der Waals surface area contributed by atoms with Crippen molar-refractivity contribution in [1.29, 1.82) is 0 Å². The van der Waals surface area contributed by atoms with Gasteiger partial charge < -0.3 is 35.4 Å². The van der Waals surface area contributed by atoms with E-state index in [0.29, 0.717) is 37.7 Å². The molecular weight excluding hydrogens is 771 g/mol. The zero-order chi connectivity index (χ0) is 41.8. The molecule has 8 atom stereocenters. The molecule has 4 fully saturated rings. The highest BCUT2D eigenvalue weighted by Gasteiger charge is 2.47. The number of fused-ring (bicyclic) bond motifs is 3. The first-order valence-corrected chi connectivity index (χ1v) is 20.5. The number of esters is 1. The Morgan fingerprint density at radius 3 is 2.36 bits per heavy atom. The van der Waals surface area contributed by atoms with Crippen molar-refractivity contribution >= 4 is 53.0 Å². The molecule has 0 spiro atoms. The Morgan fingerprint density at radius 1 is 0.897 bits per heavy atom. The third kappa shape index (κ3) is 9.62. The van der Waals surface area contributed by atoms with E-state index in [1.165, 1.54) is 33.8 Å².